The fraction of sp³-hybridized carbons (Fsp3) is 0.593. The number of nitrogens with one attached hydrogen (secondary N) is 5. The number of methoxy groups -OCH3 is 2. The van der Waals surface area contributed by atoms with Gasteiger partial charge in [-0.1, -0.05) is 95.2 Å². The van der Waals surface area contributed by atoms with E-state index in [1.807, 2.05) is 6.92 Å². The van der Waals surface area contributed by atoms with Crippen LogP contribution >= 0.6 is 0 Å². The van der Waals surface area contributed by atoms with Gasteiger partial charge in [-0.15, -0.1) is 0 Å². The lowest BCUT2D eigenvalue weighted by Crippen LogP contribution is -2.66. The topological polar surface area (TPSA) is 292 Å². The predicted octanol–water partition coefficient (Wildman–Crippen LogP) is 1.15. The Morgan fingerprint density at radius 1 is 0.813 bits per heavy atom. The van der Waals surface area contributed by atoms with E-state index in [1.54, 1.807) is 69.3 Å². The number of phenols is 1. The first-order valence-electron chi connectivity index (χ1n) is 25.9. The number of aromatic hydroxyl groups is 1. The fourth-order valence-electron chi connectivity index (χ4n) is 9.68. The van der Waals surface area contributed by atoms with E-state index in [0.717, 1.165) is 0 Å². The molecule has 2 heterocycles. The third-order valence-electron chi connectivity index (χ3n) is 14.8. The molecule has 75 heavy (non-hydrogen) atoms. The Hall–Kier alpha value is -6.42. The first-order chi connectivity index (χ1) is 35.8. The van der Waals surface area contributed by atoms with Gasteiger partial charge in [-0.25, -0.2) is 4.79 Å². The summed E-state index contributed by atoms with van der Waals surface area (Å²) < 4.78 is 17.0. The zero-order chi connectivity index (χ0) is 55.1. The number of benzene rings is 2. The van der Waals surface area contributed by atoms with Gasteiger partial charge < -0.3 is 65.9 Å². The summed E-state index contributed by atoms with van der Waals surface area (Å²) in [5, 5.41) is 43.8. The Labute approximate surface area is 438 Å². The number of piperidine rings is 1. The molecule has 0 saturated carbocycles. The van der Waals surface area contributed by atoms with Crippen molar-refractivity contribution < 1.29 is 67.9 Å². The Balaban J connectivity index is 1.65. The molecular formula is C54H77N7O14. The van der Waals surface area contributed by atoms with Crippen LogP contribution in [0, 0.1) is 17.8 Å². The smallest absolute Gasteiger partial charge is 0.329 e. The maximum absolute atomic E-state index is 15.2. The second kappa shape index (κ2) is 27.9. The maximum atomic E-state index is 15.2. The SMILES string of the molecule is CC[C@H](C)[C@@H]1NC(=O)[C@H](Cc2ccccc2)N(C)C(=O)[C@H]([C@@H](C)CC)N2C(=O)[C@H](CC[C@H]2OC)NC(=O)[C@H]([C@H]2C=C[C@H](O)CC2)NC(=O)[C@@H](NC(=O)[C@@H](CCc2ccc(O)cc2)NC(=O)[C@@H](CO)OC)[C@@H](C)OC1=O. The predicted molar refractivity (Wildman–Crippen MR) is 274 cm³/mol. The van der Waals surface area contributed by atoms with Crippen molar-refractivity contribution in [2.45, 2.75) is 159 Å². The molecule has 8 N–H and O–H groups in total. The first-order valence-corrected chi connectivity index (χ1v) is 25.9. The van der Waals surface area contributed by atoms with Crippen molar-refractivity contribution in [1.29, 1.82) is 0 Å². The average molecular weight is 1050 g/mol. The highest BCUT2D eigenvalue weighted by atomic mass is 16.5. The van der Waals surface area contributed by atoms with Gasteiger partial charge in [0, 0.05) is 33.6 Å². The Morgan fingerprint density at radius 3 is 2.09 bits per heavy atom. The largest absolute Gasteiger partial charge is 0.508 e. The number of likely N-dealkylation sites (N-methyl/N-ethyl adjacent to an activating group) is 1. The Kier molecular flexibility index (Phi) is 22.1. The van der Waals surface area contributed by atoms with Crippen LogP contribution in [-0.4, -0.2) is 167 Å². The number of esters is 1. The summed E-state index contributed by atoms with van der Waals surface area (Å²) in [4.78, 5) is 120. The number of nitrogens with zero attached hydrogens (tertiary/aromatic N) is 2. The number of rotatable bonds is 17. The fourth-order valence-corrected chi connectivity index (χ4v) is 9.68. The van der Waals surface area contributed by atoms with E-state index in [1.165, 1.54) is 56.2 Å². The molecule has 0 aromatic heterocycles. The Morgan fingerprint density at radius 2 is 1.49 bits per heavy atom. The van der Waals surface area contributed by atoms with Crippen molar-refractivity contribution in [2.75, 3.05) is 27.9 Å². The molecule has 2 aliphatic heterocycles. The summed E-state index contributed by atoms with van der Waals surface area (Å²) >= 11 is 0. The third kappa shape index (κ3) is 15.4. The van der Waals surface area contributed by atoms with Gasteiger partial charge in [-0.05, 0) is 80.5 Å². The summed E-state index contributed by atoms with van der Waals surface area (Å²) in [6, 6.07) is 5.40. The number of carbonyl (C=O) groups is 8. The zero-order valence-corrected chi connectivity index (χ0v) is 44.2. The minimum Gasteiger partial charge on any atom is -0.508 e. The quantitative estimate of drug-likeness (QED) is 0.0816. The van der Waals surface area contributed by atoms with Crippen molar-refractivity contribution in [1.82, 2.24) is 36.4 Å². The summed E-state index contributed by atoms with van der Waals surface area (Å²) in [6.45, 7) is 7.77. The monoisotopic (exact) mass is 1050 g/mol. The van der Waals surface area contributed by atoms with Gasteiger partial charge in [0.25, 0.3) is 5.91 Å². The summed E-state index contributed by atoms with van der Waals surface area (Å²) in [7, 11) is 4.07. The summed E-state index contributed by atoms with van der Waals surface area (Å²) in [5.41, 5.74) is 1.36. The number of phenolic OH excluding ortho intramolecular Hbond substituents is 1. The van der Waals surface area contributed by atoms with E-state index in [9.17, 15) is 44.1 Å². The average Bonchev–Trinajstić information content (AvgIpc) is 3.40. The molecule has 2 fully saturated rings. The van der Waals surface area contributed by atoms with Crippen LogP contribution in [0.15, 0.2) is 66.7 Å². The molecule has 5 rings (SSSR count). The van der Waals surface area contributed by atoms with Crippen molar-refractivity contribution in [2.24, 2.45) is 17.8 Å². The van der Waals surface area contributed by atoms with Crippen molar-refractivity contribution in [3.8, 4) is 5.75 Å². The van der Waals surface area contributed by atoms with Crippen LogP contribution in [0.2, 0.25) is 0 Å². The lowest BCUT2D eigenvalue weighted by atomic mass is 9.86. The van der Waals surface area contributed by atoms with Gasteiger partial charge in [0.1, 0.15) is 60.4 Å². The molecule has 21 heteroatoms. The highest BCUT2D eigenvalue weighted by Gasteiger charge is 2.48. The van der Waals surface area contributed by atoms with E-state index in [-0.39, 0.29) is 50.7 Å². The number of aliphatic hydroxyl groups excluding tert-OH is 2. The second-order valence-electron chi connectivity index (χ2n) is 19.9. The molecular weight excluding hydrogens is 971 g/mol. The number of aliphatic hydroxyl groups is 2. The molecule has 2 bridgehead atoms. The summed E-state index contributed by atoms with van der Waals surface area (Å²) in [6.07, 6.45) is -0.0916. The molecule has 2 aromatic carbocycles. The molecule has 14 atom stereocenters. The van der Waals surface area contributed by atoms with E-state index < -0.39 is 139 Å². The van der Waals surface area contributed by atoms with Gasteiger partial charge in [0.15, 0.2) is 6.10 Å². The summed E-state index contributed by atoms with van der Waals surface area (Å²) in [5.74, 6) is -8.39. The second-order valence-corrected chi connectivity index (χ2v) is 19.9. The molecule has 21 nitrogen and oxygen atoms in total. The number of fused-ring (bicyclic) bond motifs is 2. The molecule has 0 spiro atoms. The number of ether oxygens (including phenoxy) is 3. The van der Waals surface area contributed by atoms with Gasteiger partial charge in [0.2, 0.25) is 35.4 Å². The Bertz CT molecular complexity index is 2320. The molecule has 3 aliphatic rings. The molecule has 7 amide bonds. The van der Waals surface area contributed by atoms with E-state index in [2.05, 4.69) is 26.6 Å². The standard InChI is InChI=1S/C54H77N7O14/c1-9-30(3)43-54(72)75-32(5)44(58-47(65)38(55-49(67)41(29-62)73-7)25-18-33-16-21-36(63)22-17-33)50(68)59-45(35-19-23-37(64)24-20-35)51(69)56-39-26-27-42(74-8)61(52(39)70)46(31(4)10-2)53(71)60(6)40(48(66)57-43)28-34-14-12-11-13-15-34/h11-17,19,21-23,30-32,35,37-46,62-64H,9-10,18,20,24-29H2,1-8H3,(H,55,67)(H,56,69)(H,57,66)(H,58,65)(H,59,68)/t30-,31-,32+,35-,37-,38+,39-,40-,41+,42+,43-,44-,45-,46-/m0/s1. The number of aryl methyl sites for hydroxylation is 1. The van der Waals surface area contributed by atoms with Crippen LogP contribution in [0.1, 0.15) is 90.7 Å². The zero-order valence-electron chi connectivity index (χ0n) is 44.2. The molecule has 0 radical (unpaired) electrons. The van der Waals surface area contributed by atoms with E-state index >= 15 is 9.59 Å². The van der Waals surface area contributed by atoms with Crippen LogP contribution in [0.5, 0.6) is 5.75 Å². The molecule has 412 valence electrons. The van der Waals surface area contributed by atoms with Crippen molar-refractivity contribution >= 4 is 47.3 Å². The first kappa shape index (κ1) is 59.5. The third-order valence-corrected chi connectivity index (χ3v) is 14.8. The molecule has 1 aliphatic carbocycles. The number of cyclic esters (lactones) is 1. The number of hydrogen-bond donors (Lipinski definition) is 8. The van der Waals surface area contributed by atoms with E-state index in [0.29, 0.717) is 24.0 Å². The van der Waals surface area contributed by atoms with Gasteiger partial charge in [-0.3, -0.25) is 33.6 Å². The molecule has 0 unspecified atom stereocenters. The normalized spacial score (nSPS) is 28.0. The van der Waals surface area contributed by atoms with Gasteiger partial charge >= 0.3 is 5.97 Å². The lowest BCUT2D eigenvalue weighted by Gasteiger charge is -2.46. The minimum atomic E-state index is -1.80. The van der Waals surface area contributed by atoms with Crippen LogP contribution in [-0.2, 0) is 65.4 Å². The van der Waals surface area contributed by atoms with Crippen LogP contribution in [0.25, 0.3) is 0 Å². The van der Waals surface area contributed by atoms with Crippen LogP contribution < -0.4 is 26.6 Å². The number of carbonyl (C=O) groups excluding carboxylic acids is 8. The molecule has 2 saturated heterocycles. The highest BCUT2D eigenvalue weighted by molar-refractivity contribution is 5.98. The van der Waals surface area contributed by atoms with Crippen LogP contribution in [0.3, 0.4) is 0 Å². The van der Waals surface area contributed by atoms with Crippen molar-refractivity contribution in [3.63, 3.8) is 0 Å². The van der Waals surface area contributed by atoms with Gasteiger partial charge in [-0.2, -0.15) is 0 Å². The maximum Gasteiger partial charge on any atom is 0.329 e. The van der Waals surface area contributed by atoms with Crippen molar-refractivity contribution in [3.05, 3.63) is 77.9 Å². The lowest BCUT2D eigenvalue weighted by molar-refractivity contribution is -0.171. The van der Waals surface area contributed by atoms with E-state index in [4.69, 9.17) is 14.2 Å². The van der Waals surface area contributed by atoms with Crippen LogP contribution in [0.4, 0.5) is 0 Å². The van der Waals surface area contributed by atoms with Gasteiger partial charge in [0.05, 0.1) is 12.7 Å². The number of hydrogen-bond acceptors (Lipinski definition) is 14. The molecule has 2 aromatic rings. The number of amides is 7. The highest BCUT2D eigenvalue weighted by Crippen LogP contribution is 2.30. The minimum absolute atomic E-state index is 0.00193.